The van der Waals surface area contributed by atoms with Gasteiger partial charge in [-0.15, -0.1) is 11.8 Å². The first-order chi connectivity index (χ1) is 6.79. The number of β-lactam (4-membered cyclic amide) rings is 1. The van der Waals surface area contributed by atoms with Gasteiger partial charge in [0, 0.05) is 4.90 Å². The van der Waals surface area contributed by atoms with Gasteiger partial charge in [-0.25, -0.2) is 0 Å². The Kier molecular flexibility index (Phi) is 2.74. The second-order valence-electron chi connectivity index (χ2n) is 3.14. The van der Waals surface area contributed by atoms with Gasteiger partial charge in [0.15, 0.2) is 0 Å². The van der Waals surface area contributed by atoms with E-state index in [2.05, 4.69) is 5.32 Å². The molecule has 1 fully saturated rings. The summed E-state index contributed by atoms with van der Waals surface area (Å²) in [5.41, 5.74) is 0.915. The summed E-state index contributed by atoms with van der Waals surface area (Å²) in [6.07, 6.45) is 0.574. The molecule has 1 aliphatic rings. The molecule has 4 heteroatoms. The molecule has 1 saturated heterocycles. The Morgan fingerprint density at radius 3 is 2.86 bits per heavy atom. The maximum absolute atomic E-state index is 10.7. The highest BCUT2D eigenvalue weighted by Crippen LogP contribution is 2.30. The van der Waals surface area contributed by atoms with Crippen LogP contribution in [0, 0.1) is 0 Å². The van der Waals surface area contributed by atoms with Crippen LogP contribution in [0.4, 0.5) is 0 Å². The van der Waals surface area contributed by atoms with Crippen molar-refractivity contribution >= 4 is 17.7 Å². The van der Waals surface area contributed by atoms with Gasteiger partial charge in [0.05, 0.1) is 18.4 Å². The van der Waals surface area contributed by atoms with Crippen molar-refractivity contribution in [3.8, 4) is 0 Å². The van der Waals surface area contributed by atoms with E-state index < -0.39 is 0 Å². The molecular formula is C10H11NO2S. The summed E-state index contributed by atoms with van der Waals surface area (Å²) in [5, 5.41) is 12.0. The van der Waals surface area contributed by atoms with Crippen LogP contribution in [0.2, 0.25) is 0 Å². The predicted octanol–water partition coefficient (Wildman–Crippen LogP) is 1.12. The fraction of sp³-hybridized carbons (Fsp3) is 0.300. The number of nitrogens with one attached hydrogen (secondary N) is 1. The van der Waals surface area contributed by atoms with E-state index in [1.165, 1.54) is 0 Å². The lowest BCUT2D eigenvalue weighted by atomic mass is 10.2. The third kappa shape index (κ3) is 1.91. The van der Waals surface area contributed by atoms with Gasteiger partial charge < -0.3 is 10.4 Å². The van der Waals surface area contributed by atoms with Gasteiger partial charge in [-0.1, -0.05) is 18.2 Å². The topological polar surface area (TPSA) is 49.3 Å². The molecule has 74 valence electrons. The minimum atomic E-state index is 0.0455. The lowest BCUT2D eigenvalue weighted by molar-refractivity contribution is -0.126. The van der Waals surface area contributed by atoms with Crippen LogP contribution in [0.15, 0.2) is 29.2 Å². The maximum atomic E-state index is 10.7. The highest BCUT2D eigenvalue weighted by molar-refractivity contribution is 8.00. The third-order valence-corrected chi connectivity index (χ3v) is 3.33. The molecule has 3 nitrogen and oxygen atoms in total. The lowest BCUT2D eigenvalue weighted by Crippen LogP contribution is -2.46. The van der Waals surface area contributed by atoms with E-state index in [0.717, 1.165) is 10.5 Å². The monoisotopic (exact) mass is 209 g/mol. The molecule has 0 aromatic heterocycles. The summed E-state index contributed by atoms with van der Waals surface area (Å²) in [6, 6.07) is 7.68. The first kappa shape index (κ1) is 9.55. The molecule has 2 rings (SSSR count). The fourth-order valence-corrected chi connectivity index (χ4v) is 2.47. The molecule has 1 aliphatic heterocycles. The highest BCUT2D eigenvalue weighted by Gasteiger charge is 2.26. The van der Waals surface area contributed by atoms with Crippen LogP contribution in [0.1, 0.15) is 12.0 Å². The van der Waals surface area contributed by atoms with E-state index in [1.54, 1.807) is 11.8 Å². The largest absolute Gasteiger partial charge is 0.392 e. The molecular weight excluding hydrogens is 198 g/mol. The number of rotatable bonds is 3. The Bertz CT molecular complexity index is 346. The minimum absolute atomic E-state index is 0.0455. The smallest absolute Gasteiger partial charge is 0.223 e. The number of thioether (sulfide) groups is 1. The number of hydrogen-bond acceptors (Lipinski definition) is 3. The molecule has 1 atom stereocenters. The summed E-state index contributed by atoms with van der Waals surface area (Å²) in [6.45, 7) is 0.0455. The number of hydrogen-bond donors (Lipinski definition) is 2. The Labute approximate surface area is 86.5 Å². The van der Waals surface area contributed by atoms with Crippen molar-refractivity contribution in [2.75, 3.05) is 0 Å². The zero-order valence-electron chi connectivity index (χ0n) is 7.56. The van der Waals surface area contributed by atoms with Gasteiger partial charge in [0.25, 0.3) is 0 Å². The number of amides is 1. The van der Waals surface area contributed by atoms with Crippen LogP contribution in [0.25, 0.3) is 0 Å². The summed E-state index contributed by atoms with van der Waals surface area (Å²) >= 11 is 1.59. The van der Waals surface area contributed by atoms with Crippen molar-refractivity contribution in [1.82, 2.24) is 5.32 Å². The maximum Gasteiger partial charge on any atom is 0.223 e. The van der Waals surface area contributed by atoms with Gasteiger partial charge in [-0.3, -0.25) is 4.79 Å². The van der Waals surface area contributed by atoms with E-state index in [0.29, 0.717) is 6.42 Å². The molecule has 0 radical (unpaired) electrons. The third-order valence-electron chi connectivity index (χ3n) is 2.10. The number of carbonyl (C=O) groups is 1. The van der Waals surface area contributed by atoms with Gasteiger partial charge in [-0.05, 0) is 11.6 Å². The molecule has 1 unspecified atom stereocenters. The van der Waals surface area contributed by atoms with Crippen LogP contribution >= 0.6 is 11.8 Å². The van der Waals surface area contributed by atoms with E-state index in [9.17, 15) is 4.79 Å². The zero-order valence-corrected chi connectivity index (χ0v) is 8.38. The van der Waals surface area contributed by atoms with Crippen LogP contribution in [0.5, 0.6) is 0 Å². The average molecular weight is 209 g/mol. The number of aliphatic hydroxyl groups excluding tert-OH is 1. The number of carbonyl (C=O) groups excluding carboxylic acids is 1. The molecule has 0 bridgehead atoms. The van der Waals surface area contributed by atoms with E-state index >= 15 is 0 Å². The van der Waals surface area contributed by atoms with Crippen molar-refractivity contribution in [3.05, 3.63) is 29.8 Å². The van der Waals surface area contributed by atoms with Crippen LogP contribution in [0.3, 0.4) is 0 Å². The van der Waals surface area contributed by atoms with Crippen LogP contribution < -0.4 is 5.32 Å². The van der Waals surface area contributed by atoms with E-state index in [4.69, 9.17) is 5.11 Å². The number of benzene rings is 1. The van der Waals surface area contributed by atoms with E-state index in [-0.39, 0.29) is 17.9 Å². The van der Waals surface area contributed by atoms with Gasteiger partial charge in [0.2, 0.25) is 5.91 Å². The number of aliphatic hydroxyl groups is 1. The Morgan fingerprint density at radius 1 is 1.50 bits per heavy atom. The molecule has 14 heavy (non-hydrogen) atoms. The average Bonchev–Trinajstić information content (AvgIpc) is 2.16. The molecule has 1 heterocycles. The molecule has 0 aliphatic carbocycles. The summed E-state index contributed by atoms with van der Waals surface area (Å²) in [4.78, 5) is 11.7. The molecule has 1 amide bonds. The molecule has 0 saturated carbocycles. The normalized spacial score (nSPS) is 20.1. The summed E-state index contributed by atoms with van der Waals surface area (Å²) < 4.78 is 0. The quantitative estimate of drug-likeness (QED) is 0.733. The standard InChI is InChI=1S/C10H11NO2S/c12-6-7-3-1-2-4-8(7)14-10-5-9(13)11-10/h1-4,10,12H,5-6H2,(H,11,13). The summed E-state index contributed by atoms with van der Waals surface area (Å²) in [7, 11) is 0. The van der Waals surface area contributed by atoms with E-state index in [1.807, 2.05) is 24.3 Å². The van der Waals surface area contributed by atoms with Crippen molar-refractivity contribution < 1.29 is 9.90 Å². The van der Waals surface area contributed by atoms with Crippen molar-refractivity contribution in [2.45, 2.75) is 23.3 Å². The van der Waals surface area contributed by atoms with Crippen LogP contribution in [-0.2, 0) is 11.4 Å². The Balaban J connectivity index is 2.04. The van der Waals surface area contributed by atoms with Gasteiger partial charge in [-0.2, -0.15) is 0 Å². The fourth-order valence-electron chi connectivity index (χ4n) is 1.30. The second-order valence-corrected chi connectivity index (χ2v) is 4.39. The van der Waals surface area contributed by atoms with Gasteiger partial charge >= 0.3 is 0 Å². The minimum Gasteiger partial charge on any atom is -0.392 e. The Hall–Kier alpha value is -1.00. The van der Waals surface area contributed by atoms with Crippen molar-refractivity contribution in [2.24, 2.45) is 0 Å². The molecule has 0 spiro atoms. The van der Waals surface area contributed by atoms with Crippen molar-refractivity contribution in [1.29, 1.82) is 0 Å². The lowest BCUT2D eigenvalue weighted by Gasteiger charge is -2.26. The molecule has 1 aromatic carbocycles. The first-order valence-corrected chi connectivity index (χ1v) is 5.32. The molecule has 2 N–H and O–H groups in total. The van der Waals surface area contributed by atoms with Crippen LogP contribution in [-0.4, -0.2) is 16.4 Å². The summed E-state index contributed by atoms with van der Waals surface area (Å²) in [5.74, 6) is 0.101. The zero-order chi connectivity index (χ0) is 9.97. The Morgan fingerprint density at radius 2 is 2.21 bits per heavy atom. The SMILES string of the molecule is O=C1CC(Sc2ccccc2CO)N1. The second kappa shape index (κ2) is 4.02. The molecule has 1 aromatic rings. The first-order valence-electron chi connectivity index (χ1n) is 4.44. The highest BCUT2D eigenvalue weighted by atomic mass is 32.2. The predicted molar refractivity (Wildman–Crippen MR) is 54.8 cm³/mol. The van der Waals surface area contributed by atoms with Crippen molar-refractivity contribution in [3.63, 3.8) is 0 Å². The van der Waals surface area contributed by atoms with Gasteiger partial charge in [0.1, 0.15) is 0 Å².